The highest BCUT2D eigenvalue weighted by atomic mass is 33.6. The van der Waals surface area contributed by atoms with E-state index in [4.69, 9.17) is 4.74 Å². The summed E-state index contributed by atoms with van der Waals surface area (Å²) in [6.45, 7) is 5.96. The predicted octanol–water partition coefficient (Wildman–Crippen LogP) is 6.94. The summed E-state index contributed by atoms with van der Waals surface area (Å²) in [5, 5.41) is 9.13. The third-order valence-corrected chi connectivity index (χ3v) is 29.2. The Morgan fingerprint density at radius 2 is 1.30 bits per heavy atom. The minimum atomic E-state index is -5.15. The number of hydrogen-bond donors (Lipinski definition) is 7. The molecule has 0 radical (unpaired) electrons. The third-order valence-electron chi connectivity index (χ3n) is 13.7. The van der Waals surface area contributed by atoms with Gasteiger partial charge >= 0.3 is 5.97 Å². The Morgan fingerprint density at radius 1 is 0.740 bits per heavy atom. The molecule has 2 fully saturated rings. The number of carbonyl (C=O) groups is 1. The molecule has 0 unspecified atom stereocenters. The zero-order valence-corrected chi connectivity index (χ0v) is 47.1. The fourth-order valence-electron chi connectivity index (χ4n) is 10.3. The molecule has 5 aromatic rings. The maximum absolute atomic E-state index is 15.7. The van der Waals surface area contributed by atoms with Crippen LogP contribution in [0.2, 0.25) is 0 Å². The number of halogens is 1. The van der Waals surface area contributed by atoms with Gasteiger partial charge in [-0.25, -0.2) is 9.18 Å². The van der Waals surface area contributed by atoms with Crippen molar-refractivity contribution in [1.29, 1.82) is 0 Å². The molecule has 4 aliphatic rings. The van der Waals surface area contributed by atoms with Crippen LogP contribution in [0.4, 0.5) is 15.8 Å². The largest absolute Gasteiger partial charge is 0.482 e. The number of carboxylic acids is 1. The molecular weight excluding hydrogens is 1170 g/mol. The molecule has 21 nitrogen and oxygen atoms in total. The number of fused-ring (bicyclic) bond motifs is 7. The summed E-state index contributed by atoms with van der Waals surface area (Å²) < 4.78 is 211. The maximum Gasteiger partial charge on any atom is 0.341 e. The second-order valence-electron chi connectivity index (χ2n) is 19.4. The molecule has 2 saturated heterocycles. The Morgan fingerprint density at radius 3 is 1.82 bits per heavy atom. The number of hydrogen-bond acceptors (Lipinski definition) is 16. The van der Waals surface area contributed by atoms with Gasteiger partial charge in [-0.2, -0.15) is 46.7 Å². The molecule has 9 rings (SSSR count). The lowest BCUT2D eigenvalue weighted by Crippen LogP contribution is -2.28. The molecule has 0 aromatic heterocycles. The molecule has 4 heterocycles. The predicted molar refractivity (Wildman–Crippen MR) is 288 cm³/mol. The number of aliphatic carboxylic acids is 1. The summed E-state index contributed by atoms with van der Waals surface area (Å²) in [5.74, 6) is -3.19. The van der Waals surface area contributed by atoms with Gasteiger partial charge in [0.2, 0.25) is 5.69 Å². The zero-order valence-electron chi connectivity index (χ0n) is 40.5. The lowest BCUT2D eigenvalue weighted by atomic mass is 9.79. The van der Waals surface area contributed by atoms with Crippen LogP contribution in [0.1, 0.15) is 57.2 Å². The molecule has 0 spiro atoms. The molecule has 0 atom stereocenters. The average Bonchev–Trinajstić information content (AvgIpc) is 4.24. The Balaban J connectivity index is 1.28. The van der Waals surface area contributed by atoms with Gasteiger partial charge in [-0.1, -0.05) is 26.0 Å². The van der Waals surface area contributed by atoms with Gasteiger partial charge in [-0.3, -0.25) is 27.0 Å². The van der Waals surface area contributed by atoms with Crippen LogP contribution in [0, 0.1) is 5.82 Å². The van der Waals surface area contributed by atoms with Crippen molar-refractivity contribution in [3.8, 4) is 5.75 Å². The summed E-state index contributed by atoms with van der Waals surface area (Å²) in [6, 6.07) is 12.3. The molecule has 6 N–H and O–H groups in total. The van der Waals surface area contributed by atoms with E-state index in [1.807, 2.05) is 4.58 Å². The molecule has 412 valence electrons. The van der Waals surface area contributed by atoms with E-state index in [9.17, 15) is 79.0 Å². The first kappa shape index (κ1) is 56.6. The molecule has 0 amide bonds. The zero-order chi connectivity index (χ0) is 56.6. The van der Waals surface area contributed by atoms with Gasteiger partial charge in [0.25, 0.3) is 50.6 Å². The first-order chi connectivity index (χ1) is 35.4. The molecule has 77 heavy (non-hydrogen) atoms. The van der Waals surface area contributed by atoms with Crippen LogP contribution in [0.15, 0.2) is 116 Å². The molecule has 0 bridgehead atoms. The van der Waals surface area contributed by atoms with E-state index in [0.717, 1.165) is 24.3 Å². The van der Waals surface area contributed by atoms with E-state index in [1.165, 1.54) is 51.9 Å². The minimum absolute atomic E-state index is 0.0250. The van der Waals surface area contributed by atoms with Gasteiger partial charge < -0.3 is 14.7 Å². The number of carboxylic acid groups (broad SMARTS) is 1. The number of thiol groups is 1. The van der Waals surface area contributed by atoms with Crippen molar-refractivity contribution in [2.45, 2.75) is 74.4 Å². The fraction of sp³-hybridized carbons (Fsp3) is 0.277. The number of rotatable bonds is 18. The maximum atomic E-state index is 15.7. The van der Waals surface area contributed by atoms with Crippen molar-refractivity contribution >= 4 is 130 Å². The van der Waals surface area contributed by atoms with Crippen molar-refractivity contribution < 1.29 is 92.7 Å². The standard InChI is InChI=1S/C47H45FN2O19S8/c1-45(2)40(49(15-5-17-72(53,54)55)36-10-8-32-34(43(36)45)21-30(73(56,57)58)23-38(32)75(62,63)64)12-6-26(27-18-28(48)20-29(19-27)69-25-42(51)52)7-13-41-46(3,4)44-35-22-31(74(59,60)61)24-39(76(65,66)67)33(35)9-11-37(44)50(41)16-14-47-70-77(47,68)71-47/h6-13,18-24,77H,5,14-17,25H2,1-4H3,(H5-,51,52,53,54,55,56,57,58,59,60,61,62,63,64,65,66,67)/p+1. The molecular formula is C47H46FN2O19S8+. The van der Waals surface area contributed by atoms with E-state index in [2.05, 4.69) is 0 Å². The average molecular weight is 1220 g/mol. The van der Waals surface area contributed by atoms with Crippen LogP contribution in [-0.4, -0.2) is 119 Å². The summed E-state index contributed by atoms with van der Waals surface area (Å²) in [6.07, 6.45) is 6.39. The van der Waals surface area contributed by atoms with E-state index < -0.39 is 117 Å². The summed E-state index contributed by atoms with van der Waals surface area (Å²) in [4.78, 5) is 9.79. The fourth-order valence-corrected chi connectivity index (χ4v) is 23.8. The van der Waals surface area contributed by atoms with Crippen LogP contribution in [0.25, 0.3) is 27.1 Å². The number of allylic oxidation sites excluding steroid dienone is 6. The number of benzene rings is 5. The second kappa shape index (κ2) is 18.8. The van der Waals surface area contributed by atoms with Crippen LogP contribution in [0.3, 0.4) is 0 Å². The molecule has 0 saturated carbocycles. The van der Waals surface area contributed by atoms with Crippen molar-refractivity contribution in [3.05, 3.63) is 119 Å². The monoisotopic (exact) mass is 1220 g/mol. The van der Waals surface area contributed by atoms with Crippen molar-refractivity contribution in [3.63, 3.8) is 0 Å². The smallest absolute Gasteiger partial charge is 0.341 e. The van der Waals surface area contributed by atoms with Gasteiger partial charge in [0, 0.05) is 72.3 Å². The van der Waals surface area contributed by atoms with Crippen LogP contribution < -0.4 is 9.64 Å². The Labute approximate surface area is 449 Å². The van der Waals surface area contributed by atoms with E-state index in [-0.39, 0.29) is 69.2 Å². The minimum Gasteiger partial charge on any atom is -0.482 e. The van der Waals surface area contributed by atoms with E-state index in [1.54, 1.807) is 56.9 Å². The summed E-state index contributed by atoms with van der Waals surface area (Å²) in [7, 11) is -24.7. The first-order valence-electron chi connectivity index (χ1n) is 22.6. The molecule has 4 aliphatic heterocycles. The topological polar surface area (TPSA) is 342 Å². The van der Waals surface area contributed by atoms with Gasteiger partial charge in [0.15, 0.2) is 22.3 Å². The van der Waals surface area contributed by atoms with E-state index in [0.29, 0.717) is 41.2 Å². The van der Waals surface area contributed by atoms with Crippen molar-refractivity contribution in [1.82, 2.24) is 0 Å². The molecule has 30 heteroatoms. The number of anilines is 1. The van der Waals surface area contributed by atoms with Gasteiger partial charge in [0.1, 0.15) is 21.4 Å². The van der Waals surface area contributed by atoms with Crippen LogP contribution in [0.5, 0.6) is 5.75 Å². The summed E-state index contributed by atoms with van der Waals surface area (Å²) >= 11 is 0. The third kappa shape index (κ3) is 10.6. The van der Waals surface area contributed by atoms with Gasteiger partial charge in [-0.15, -0.1) is 0 Å². The van der Waals surface area contributed by atoms with Crippen molar-refractivity contribution in [2.24, 2.45) is 0 Å². The van der Waals surface area contributed by atoms with Crippen LogP contribution in [-0.2, 0) is 74.2 Å². The Kier molecular flexibility index (Phi) is 13.8. The second-order valence-corrected chi connectivity index (χ2v) is 35.9. The molecule has 0 aliphatic carbocycles. The SMILES string of the molecule is CC1(C)C(/C=C/C(=C/C=C2/N(CCCS(=O)(=O)O)c3ccc4c(S(=O)(=O)O)cc(S(=O)(=O)O)cc4c3C2(C)C)c2cc(F)cc(OCC(=O)O)c2)=[N+](CCC23S[SH]2(=O)S3)c2ccc3c(S(=O)(=O)O)cc(S(=O)(=O)O)cc3c21. The van der Waals surface area contributed by atoms with Gasteiger partial charge in [0.05, 0.1) is 21.0 Å². The number of nitrogens with zero attached hydrogens (tertiary/aromatic N) is 2. The number of ether oxygens (including phenoxy) is 1. The lowest BCUT2D eigenvalue weighted by molar-refractivity contribution is -0.437. The lowest BCUT2D eigenvalue weighted by Gasteiger charge is -2.27. The normalized spacial score (nSPS) is 20.7. The van der Waals surface area contributed by atoms with Crippen LogP contribution >= 0.6 is 21.6 Å². The first-order valence-corrected chi connectivity index (χ1v) is 34.6. The highest BCUT2D eigenvalue weighted by Crippen LogP contribution is 2.93. The Bertz CT molecular complexity index is 4260. The van der Waals surface area contributed by atoms with Gasteiger partial charge in [-0.05, 0) is 130 Å². The quantitative estimate of drug-likeness (QED) is 0.0117. The Hall–Kier alpha value is -5.09. The summed E-state index contributed by atoms with van der Waals surface area (Å²) in [5.41, 5.74) is -0.210. The molecule has 5 aromatic carbocycles. The van der Waals surface area contributed by atoms with Crippen molar-refractivity contribution in [2.75, 3.05) is 30.3 Å². The van der Waals surface area contributed by atoms with E-state index >= 15 is 4.39 Å². The highest BCUT2D eigenvalue weighted by molar-refractivity contribution is 9.38. The highest BCUT2D eigenvalue weighted by Gasteiger charge is 2.81.